The normalized spacial score (nSPS) is 14.0. The number of hydrogen-bond donors (Lipinski definition) is 5. The predicted molar refractivity (Wildman–Crippen MR) is 190 cm³/mol. The molecule has 0 saturated carbocycles. The number of hydrogen-bond acceptors (Lipinski definition) is 11. The zero-order valence-electron chi connectivity index (χ0n) is 29.1. The Balaban J connectivity index is 0.000000353. The first-order valence-electron chi connectivity index (χ1n) is 16.0. The SMILES string of the molecule is Clc1nccc(N2CCN(Cc3cc4cc(c3)Nc3nc(ncc3Cl)Nc3cccc(c3)CC4)CC2)n1.O=C(O)C(F)(F)F.O=C(O)C(F)(F)F.O=C(O)C(F)(F)F. The molecule has 2 aliphatic rings. The van der Waals surface area contributed by atoms with E-state index in [4.69, 9.17) is 52.9 Å². The number of fused-ring (bicyclic) bond motifs is 6. The molecule has 1 fully saturated rings. The van der Waals surface area contributed by atoms with E-state index < -0.39 is 36.4 Å². The first-order valence-corrected chi connectivity index (χ1v) is 16.8. The molecule has 2 aliphatic heterocycles. The minimum Gasteiger partial charge on any atom is -0.475 e. The topological polar surface area (TPSA) is 194 Å². The van der Waals surface area contributed by atoms with Crippen molar-refractivity contribution >= 4 is 70.1 Å². The Morgan fingerprint density at radius 1 is 0.690 bits per heavy atom. The van der Waals surface area contributed by atoms with Crippen molar-refractivity contribution in [3.05, 3.63) is 87.9 Å². The highest BCUT2D eigenvalue weighted by Crippen LogP contribution is 2.28. The Hall–Kier alpha value is -5.68. The second-order valence-corrected chi connectivity index (χ2v) is 12.5. The Kier molecular flexibility index (Phi) is 16.2. The number of halogens is 11. The Morgan fingerprint density at radius 3 is 1.79 bits per heavy atom. The van der Waals surface area contributed by atoms with Gasteiger partial charge in [0.05, 0.1) is 6.20 Å². The number of nitrogens with zero attached hydrogens (tertiary/aromatic N) is 6. The smallest absolute Gasteiger partial charge is 0.475 e. The number of carboxylic acids is 3. The lowest BCUT2D eigenvalue weighted by Crippen LogP contribution is -2.46. The summed E-state index contributed by atoms with van der Waals surface area (Å²) in [6.07, 6.45) is -10.0. The van der Waals surface area contributed by atoms with Crippen LogP contribution in [0.25, 0.3) is 0 Å². The van der Waals surface area contributed by atoms with Gasteiger partial charge in [-0.15, -0.1) is 0 Å². The lowest BCUT2D eigenvalue weighted by Gasteiger charge is -2.35. The predicted octanol–water partition coefficient (Wildman–Crippen LogP) is 7.38. The van der Waals surface area contributed by atoms with Crippen LogP contribution in [0.5, 0.6) is 0 Å². The van der Waals surface area contributed by atoms with Crippen molar-refractivity contribution in [2.45, 2.75) is 37.9 Å². The van der Waals surface area contributed by atoms with E-state index in [1.54, 1.807) is 12.4 Å². The number of anilines is 5. The molecule has 6 bridgehead atoms. The molecule has 314 valence electrons. The van der Waals surface area contributed by atoms with E-state index in [9.17, 15) is 39.5 Å². The van der Waals surface area contributed by atoms with Gasteiger partial charge in [0.15, 0.2) is 5.82 Å². The van der Waals surface area contributed by atoms with Gasteiger partial charge >= 0.3 is 36.4 Å². The third-order valence-electron chi connectivity index (χ3n) is 7.39. The molecule has 4 aromatic rings. The zero-order chi connectivity index (χ0) is 43.4. The van der Waals surface area contributed by atoms with Crippen molar-refractivity contribution in [3.63, 3.8) is 0 Å². The number of rotatable bonds is 3. The summed E-state index contributed by atoms with van der Waals surface area (Å²) in [5.74, 6) is -6.31. The average molecular weight is 876 g/mol. The monoisotopic (exact) mass is 874 g/mol. The molecule has 58 heavy (non-hydrogen) atoms. The summed E-state index contributed by atoms with van der Waals surface area (Å²) in [5.41, 5.74) is 5.72. The van der Waals surface area contributed by atoms with Crippen LogP contribution < -0.4 is 15.5 Å². The third kappa shape index (κ3) is 15.7. The summed E-state index contributed by atoms with van der Waals surface area (Å²) < 4.78 is 95.2. The molecule has 5 N–H and O–H groups in total. The third-order valence-corrected chi connectivity index (χ3v) is 7.85. The van der Waals surface area contributed by atoms with Gasteiger partial charge in [0.2, 0.25) is 11.2 Å². The van der Waals surface area contributed by atoms with Crippen molar-refractivity contribution in [2.24, 2.45) is 0 Å². The Morgan fingerprint density at radius 2 is 1.24 bits per heavy atom. The first-order chi connectivity index (χ1) is 26.9. The van der Waals surface area contributed by atoms with Crippen LogP contribution in [0.2, 0.25) is 10.3 Å². The van der Waals surface area contributed by atoms with Gasteiger partial charge in [0, 0.05) is 50.3 Å². The minimum atomic E-state index is -5.08. The van der Waals surface area contributed by atoms with Crippen LogP contribution >= 0.6 is 23.2 Å². The number of alkyl halides is 9. The summed E-state index contributed by atoms with van der Waals surface area (Å²) >= 11 is 12.4. The molecule has 2 aromatic carbocycles. The lowest BCUT2D eigenvalue weighted by molar-refractivity contribution is -0.193. The van der Waals surface area contributed by atoms with Gasteiger partial charge in [-0.3, -0.25) is 4.90 Å². The first kappa shape index (κ1) is 46.7. The average Bonchev–Trinajstić information content (AvgIpc) is 3.12. The van der Waals surface area contributed by atoms with Gasteiger partial charge in [-0.1, -0.05) is 29.8 Å². The van der Waals surface area contributed by atoms with Crippen LogP contribution in [0.3, 0.4) is 0 Å². The molecule has 0 atom stereocenters. The number of nitrogens with one attached hydrogen (secondary N) is 2. The molecular weight excluding hydrogens is 846 g/mol. The fraction of sp³-hybridized carbons (Fsp3) is 0.303. The standard InChI is InChI=1S/C27H26Cl2N8.3C2HF3O2/c28-23-16-31-27-33-21-3-1-2-18(13-21)4-5-19-12-20(15-22(14-19)32-25(23)35-27)17-36-8-10-37(11-9-36)24-6-7-30-26(29)34-24;3*3-2(4,5)1(6)7/h1-3,6-7,12-16H,4-5,8-11,17H2,(H2,31,32,33,35);3*(H,6,7). The number of aliphatic carboxylic acids is 3. The van der Waals surface area contributed by atoms with E-state index in [1.807, 2.05) is 12.1 Å². The fourth-order valence-electron chi connectivity index (χ4n) is 4.84. The fourth-order valence-corrected chi connectivity index (χ4v) is 5.12. The number of aryl methyl sites for hydroxylation is 2. The number of aromatic nitrogens is 4. The quantitative estimate of drug-likeness (QED) is 0.101. The second kappa shape index (κ2) is 20.1. The molecule has 4 heterocycles. The Bertz CT molecular complexity index is 1990. The molecular formula is C33H29Cl2F9N8O6. The van der Waals surface area contributed by atoms with Gasteiger partial charge in [-0.25, -0.2) is 29.3 Å². The highest BCUT2D eigenvalue weighted by molar-refractivity contribution is 6.33. The Labute approximate surface area is 331 Å². The van der Waals surface area contributed by atoms with E-state index in [-0.39, 0.29) is 5.28 Å². The number of carbonyl (C=O) groups is 3. The molecule has 25 heteroatoms. The zero-order valence-corrected chi connectivity index (χ0v) is 30.6. The molecule has 0 unspecified atom stereocenters. The summed E-state index contributed by atoms with van der Waals surface area (Å²) in [4.78, 5) is 48.7. The molecule has 0 aliphatic carbocycles. The summed E-state index contributed by atoms with van der Waals surface area (Å²) in [6, 6.07) is 17.0. The van der Waals surface area contributed by atoms with E-state index in [0.717, 1.165) is 62.8 Å². The molecule has 2 aromatic heterocycles. The van der Waals surface area contributed by atoms with Crippen LogP contribution in [-0.2, 0) is 33.8 Å². The van der Waals surface area contributed by atoms with Crippen molar-refractivity contribution in [1.29, 1.82) is 0 Å². The number of benzene rings is 2. The maximum Gasteiger partial charge on any atom is 0.490 e. The van der Waals surface area contributed by atoms with Crippen molar-refractivity contribution in [3.8, 4) is 0 Å². The molecule has 0 amide bonds. The van der Waals surface area contributed by atoms with E-state index >= 15 is 0 Å². The van der Waals surface area contributed by atoms with Crippen molar-refractivity contribution in [2.75, 3.05) is 41.7 Å². The van der Waals surface area contributed by atoms with Crippen molar-refractivity contribution in [1.82, 2.24) is 24.8 Å². The van der Waals surface area contributed by atoms with Gasteiger partial charge in [-0.05, 0) is 71.5 Å². The molecule has 6 rings (SSSR count). The highest BCUT2D eigenvalue weighted by atomic mass is 35.5. The van der Waals surface area contributed by atoms with Crippen LogP contribution in [0, 0.1) is 0 Å². The highest BCUT2D eigenvalue weighted by Gasteiger charge is 2.39. The van der Waals surface area contributed by atoms with Crippen LogP contribution in [-0.4, -0.2) is 103 Å². The minimum absolute atomic E-state index is 0.283. The summed E-state index contributed by atoms with van der Waals surface area (Å²) in [7, 11) is 0. The van der Waals surface area contributed by atoms with Crippen LogP contribution in [0.1, 0.15) is 16.7 Å². The van der Waals surface area contributed by atoms with Gasteiger partial charge < -0.3 is 30.9 Å². The lowest BCUT2D eigenvalue weighted by atomic mass is 10.0. The van der Waals surface area contributed by atoms with Gasteiger partial charge in [0.25, 0.3) is 0 Å². The number of piperazine rings is 1. The molecule has 0 radical (unpaired) electrons. The van der Waals surface area contributed by atoms with Crippen molar-refractivity contribution < 1.29 is 69.2 Å². The largest absolute Gasteiger partial charge is 0.490 e. The van der Waals surface area contributed by atoms with Gasteiger partial charge in [0.1, 0.15) is 10.8 Å². The summed E-state index contributed by atoms with van der Waals surface area (Å²) in [5, 5.41) is 28.9. The molecule has 1 saturated heterocycles. The van der Waals surface area contributed by atoms with E-state index in [2.05, 4.69) is 76.8 Å². The van der Waals surface area contributed by atoms with E-state index in [1.165, 1.54) is 16.7 Å². The maximum absolute atomic E-state index is 10.6. The summed E-state index contributed by atoms with van der Waals surface area (Å²) in [6.45, 7) is 4.52. The van der Waals surface area contributed by atoms with Crippen LogP contribution in [0.4, 0.5) is 68.5 Å². The maximum atomic E-state index is 10.6. The molecule has 0 spiro atoms. The van der Waals surface area contributed by atoms with Gasteiger partial charge in [-0.2, -0.15) is 44.5 Å². The number of carboxylic acid groups (broad SMARTS) is 3. The molecule has 14 nitrogen and oxygen atoms in total. The second-order valence-electron chi connectivity index (χ2n) is 11.7. The van der Waals surface area contributed by atoms with Crippen LogP contribution in [0.15, 0.2) is 60.9 Å². The van der Waals surface area contributed by atoms with E-state index in [0.29, 0.717) is 16.8 Å².